The summed E-state index contributed by atoms with van der Waals surface area (Å²) in [5.41, 5.74) is 19.7. The molecule has 0 saturated heterocycles. The average molecular weight is 784 g/mol. The van der Waals surface area contributed by atoms with Crippen LogP contribution in [0.3, 0.4) is 0 Å². The fraction of sp³-hybridized carbons (Fsp3) is 0.133. The van der Waals surface area contributed by atoms with Gasteiger partial charge in [-0.3, -0.25) is 0 Å². The normalized spacial score (nSPS) is 17.6. The van der Waals surface area contributed by atoms with Crippen LogP contribution in [0.5, 0.6) is 0 Å². The van der Waals surface area contributed by atoms with Crippen LogP contribution < -0.4 is 4.90 Å². The summed E-state index contributed by atoms with van der Waals surface area (Å²) in [6.45, 7) is 11.6. The summed E-state index contributed by atoms with van der Waals surface area (Å²) in [5, 5.41) is 2.52. The Morgan fingerprint density at radius 1 is 0.426 bits per heavy atom. The van der Waals surface area contributed by atoms with Crippen LogP contribution in [0.4, 0.5) is 17.1 Å². The van der Waals surface area contributed by atoms with Gasteiger partial charge in [0.15, 0.2) is 0 Å². The zero-order valence-corrected chi connectivity index (χ0v) is 35.6. The zero-order chi connectivity index (χ0) is 41.5. The van der Waals surface area contributed by atoms with E-state index in [-0.39, 0.29) is 10.8 Å². The number of fused-ring (bicyclic) bond motifs is 11. The van der Waals surface area contributed by atoms with Crippen molar-refractivity contribution < 1.29 is 0 Å². The van der Waals surface area contributed by atoms with E-state index in [9.17, 15) is 0 Å². The first-order valence-corrected chi connectivity index (χ1v) is 21.7. The first kappa shape index (κ1) is 37.1. The second kappa shape index (κ2) is 13.8. The average Bonchev–Trinajstić information content (AvgIpc) is 3.71. The highest BCUT2D eigenvalue weighted by molar-refractivity contribution is 5.97. The molecule has 0 amide bonds. The lowest BCUT2D eigenvalue weighted by Gasteiger charge is -2.44. The molecule has 1 nitrogen and oxygen atoms in total. The lowest BCUT2D eigenvalue weighted by atomic mass is 9.58. The first-order valence-electron chi connectivity index (χ1n) is 21.7. The van der Waals surface area contributed by atoms with Crippen molar-refractivity contribution in [1.82, 2.24) is 0 Å². The molecule has 61 heavy (non-hydrogen) atoms. The van der Waals surface area contributed by atoms with E-state index in [0.717, 1.165) is 17.1 Å². The zero-order valence-electron chi connectivity index (χ0n) is 35.6. The topological polar surface area (TPSA) is 3.24 Å². The van der Waals surface area contributed by atoms with Gasteiger partial charge in [0, 0.05) is 27.9 Å². The quantitative estimate of drug-likeness (QED) is 0.152. The Morgan fingerprint density at radius 3 is 1.70 bits per heavy atom. The molecule has 0 N–H and O–H groups in total. The van der Waals surface area contributed by atoms with E-state index in [1.807, 2.05) is 0 Å². The Balaban J connectivity index is 1.15. The molecule has 1 spiro atoms. The lowest BCUT2D eigenvalue weighted by molar-refractivity contribution is 0.592. The summed E-state index contributed by atoms with van der Waals surface area (Å²) in [6.07, 6.45) is 11.4. The highest BCUT2D eigenvalue weighted by atomic mass is 15.1. The molecule has 8 aromatic rings. The van der Waals surface area contributed by atoms with Gasteiger partial charge in [0.2, 0.25) is 0 Å². The van der Waals surface area contributed by atoms with Crippen molar-refractivity contribution in [3.05, 3.63) is 245 Å². The molecule has 3 aliphatic rings. The minimum Gasteiger partial charge on any atom is -0.310 e. The summed E-state index contributed by atoms with van der Waals surface area (Å²) in [4.78, 5) is 2.49. The van der Waals surface area contributed by atoms with Crippen LogP contribution in [0.25, 0.3) is 44.2 Å². The Hall–Kier alpha value is -6.96. The number of allylic oxidation sites excluding steroid dienone is 6. The van der Waals surface area contributed by atoms with Gasteiger partial charge in [-0.25, -0.2) is 0 Å². The van der Waals surface area contributed by atoms with Crippen molar-refractivity contribution in [2.75, 3.05) is 4.90 Å². The van der Waals surface area contributed by atoms with Crippen LogP contribution in [0.2, 0.25) is 0 Å². The summed E-state index contributed by atoms with van der Waals surface area (Å²) in [5.74, 6) is 0. The molecule has 0 fully saturated rings. The van der Waals surface area contributed by atoms with Gasteiger partial charge in [-0.05, 0) is 126 Å². The van der Waals surface area contributed by atoms with Gasteiger partial charge in [-0.1, -0.05) is 198 Å². The molecule has 0 radical (unpaired) electrons. The molecular weight excluding hydrogens is 735 g/mol. The smallest absolute Gasteiger partial charge is 0.0714 e. The van der Waals surface area contributed by atoms with Crippen LogP contribution in [0, 0.1) is 0 Å². The second-order valence-corrected chi connectivity index (χ2v) is 18.1. The molecule has 0 aromatic heterocycles. The van der Waals surface area contributed by atoms with Crippen molar-refractivity contribution in [1.29, 1.82) is 0 Å². The number of anilines is 3. The van der Waals surface area contributed by atoms with Crippen molar-refractivity contribution in [2.45, 2.75) is 50.9 Å². The van der Waals surface area contributed by atoms with Gasteiger partial charge < -0.3 is 4.90 Å². The van der Waals surface area contributed by atoms with Gasteiger partial charge in [-0.15, -0.1) is 0 Å². The molecule has 1 unspecified atom stereocenters. The van der Waals surface area contributed by atoms with Crippen molar-refractivity contribution in [2.24, 2.45) is 0 Å². The summed E-state index contributed by atoms with van der Waals surface area (Å²) >= 11 is 0. The maximum atomic E-state index is 2.53. The van der Waals surface area contributed by atoms with E-state index in [0.29, 0.717) is 0 Å². The summed E-state index contributed by atoms with van der Waals surface area (Å²) in [7, 11) is 0. The summed E-state index contributed by atoms with van der Waals surface area (Å²) < 4.78 is 0. The van der Waals surface area contributed by atoms with E-state index in [1.54, 1.807) is 0 Å². The highest BCUT2D eigenvalue weighted by Gasteiger charge is 2.51. The third-order valence-corrected chi connectivity index (χ3v) is 13.9. The van der Waals surface area contributed by atoms with E-state index in [1.165, 1.54) is 83.1 Å². The first-order chi connectivity index (χ1) is 29.7. The lowest BCUT2D eigenvalue weighted by Crippen LogP contribution is -2.37. The van der Waals surface area contributed by atoms with Crippen LogP contribution in [-0.4, -0.2) is 0 Å². The van der Waals surface area contributed by atoms with Gasteiger partial charge in [0.1, 0.15) is 0 Å². The molecule has 0 aliphatic heterocycles. The van der Waals surface area contributed by atoms with Crippen LogP contribution in [-0.2, 0) is 16.2 Å². The maximum Gasteiger partial charge on any atom is 0.0714 e. The van der Waals surface area contributed by atoms with E-state index < -0.39 is 5.41 Å². The predicted molar refractivity (Wildman–Crippen MR) is 258 cm³/mol. The molecule has 3 aliphatic carbocycles. The van der Waals surface area contributed by atoms with Crippen LogP contribution in [0.15, 0.2) is 212 Å². The third-order valence-electron chi connectivity index (χ3n) is 13.9. The van der Waals surface area contributed by atoms with E-state index in [2.05, 4.69) is 246 Å². The number of rotatable bonds is 6. The minimum absolute atomic E-state index is 0.132. The minimum atomic E-state index is -0.502. The van der Waals surface area contributed by atoms with Crippen LogP contribution >= 0.6 is 0 Å². The van der Waals surface area contributed by atoms with Crippen LogP contribution in [0.1, 0.15) is 68.0 Å². The Labute approximate surface area is 360 Å². The molecular formula is C60H49N. The predicted octanol–water partition coefficient (Wildman–Crippen LogP) is 15.9. The number of nitrogens with zero attached hydrogens (tertiary/aromatic N) is 1. The van der Waals surface area contributed by atoms with E-state index in [4.69, 9.17) is 0 Å². The third kappa shape index (κ3) is 5.46. The molecule has 0 heterocycles. The number of hydrogen-bond acceptors (Lipinski definition) is 1. The van der Waals surface area contributed by atoms with E-state index >= 15 is 0 Å². The van der Waals surface area contributed by atoms with Gasteiger partial charge >= 0.3 is 0 Å². The van der Waals surface area contributed by atoms with Gasteiger partial charge in [0.25, 0.3) is 0 Å². The highest BCUT2D eigenvalue weighted by Crippen LogP contribution is 2.61. The molecule has 11 rings (SSSR count). The Bertz CT molecular complexity index is 3150. The molecule has 0 bridgehead atoms. The summed E-state index contributed by atoms with van der Waals surface area (Å²) in [6, 6.07) is 66.1. The number of hydrogen-bond donors (Lipinski definition) is 0. The fourth-order valence-corrected chi connectivity index (χ4v) is 11.1. The maximum absolute atomic E-state index is 2.53. The molecule has 1 heteroatoms. The Kier molecular flexibility index (Phi) is 8.38. The largest absolute Gasteiger partial charge is 0.310 e. The number of benzene rings is 8. The molecule has 8 aromatic carbocycles. The molecule has 0 saturated carbocycles. The SMILES string of the molecule is C/C=C\C=C/C1=CC(C)(C)c2ccccc2C12c1ccccc1-c1ccc(N(c3ccc(-c4cccc5ccccc45)cc3)c3ccc4c(c3)C(C)(C)c3ccccc3-4)cc12. The molecule has 1 atom stereocenters. The van der Waals surface area contributed by atoms with Crippen molar-refractivity contribution >= 4 is 27.8 Å². The standard InChI is InChI=1S/C60H49N/c1-6-7-8-20-42-39-58(2,3)54-27-15-16-28-55(54)60(42)53-26-14-12-23-49(53)51-36-34-45(38-57(51)60)61(44-33-35-50-48-22-11-13-25-52(48)59(4,5)56(50)37-44)43-31-29-41(30-32-43)47-24-17-19-40-18-9-10-21-46(40)47/h6-39H,1-5H3/b7-6-,20-8-. The Morgan fingerprint density at radius 2 is 0.967 bits per heavy atom. The second-order valence-electron chi connectivity index (χ2n) is 18.1. The van der Waals surface area contributed by atoms with Gasteiger partial charge in [0.05, 0.1) is 5.41 Å². The van der Waals surface area contributed by atoms with Gasteiger partial charge in [-0.2, -0.15) is 0 Å². The molecule has 294 valence electrons. The van der Waals surface area contributed by atoms with Crippen molar-refractivity contribution in [3.63, 3.8) is 0 Å². The van der Waals surface area contributed by atoms with Crippen molar-refractivity contribution in [3.8, 4) is 33.4 Å². The monoisotopic (exact) mass is 783 g/mol. The fourth-order valence-electron chi connectivity index (χ4n) is 11.1.